The number of carbonyl (C=O) groups is 1. The summed E-state index contributed by atoms with van der Waals surface area (Å²) < 4.78 is 11.1. The number of benzene rings is 2. The highest BCUT2D eigenvalue weighted by molar-refractivity contribution is 5.81. The van der Waals surface area contributed by atoms with Crippen LogP contribution in [0.1, 0.15) is 44.4 Å². The second kappa shape index (κ2) is 9.11. The zero-order valence-corrected chi connectivity index (χ0v) is 15.4. The third kappa shape index (κ3) is 4.99. The number of ether oxygens (including phenoxy) is 2. The van der Waals surface area contributed by atoms with Crippen molar-refractivity contribution in [1.82, 2.24) is 5.32 Å². The molecule has 4 heteroatoms. The van der Waals surface area contributed by atoms with Crippen LogP contribution in [-0.2, 0) is 11.2 Å². The Labute approximate surface area is 150 Å². The maximum absolute atomic E-state index is 12.6. The molecule has 2 rings (SSSR count). The van der Waals surface area contributed by atoms with E-state index in [0.717, 1.165) is 35.5 Å². The van der Waals surface area contributed by atoms with Crippen molar-refractivity contribution in [2.45, 2.75) is 45.8 Å². The van der Waals surface area contributed by atoms with Crippen molar-refractivity contribution in [2.24, 2.45) is 0 Å². The smallest absolute Gasteiger partial charge is 0.261 e. The first-order chi connectivity index (χ1) is 12.1. The van der Waals surface area contributed by atoms with Gasteiger partial charge in [-0.1, -0.05) is 44.2 Å². The molecule has 0 aliphatic heterocycles. The normalized spacial score (nSPS) is 13.0. The molecule has 0 fully saturated rings. The van der Waals surface area contributed by atoms with Gasteiger partial charge in [-0.3, -0.25) is 4.79 Å². The van der Waals surface area contributed by atoms with E-state index in [1.807, 2.05) is 55.5 Å². The first-order valence-corrected chi connectivity index (χ1v) is 8.77. The molecule has 0 spiro atoms. The first kappa shape index (κ1) is 18.8. The minimum Gasteiger partial charge on any atom is -0.497 e. The van der Waals surface area contributed by atoms with E-state index in [1.165, 1.54) is 0 Å². The Morgan fingerprint density at radius 3 is 2.36 bits per heavy atom. The Kier molecular flexibility index (Phi) is 6.87. The van der Waals surface area contributed by atoms with Gasteiger partial charge >= 0.3 is 0 Å². The van der Waals surface area contributed by atoms with E-state index >= 15 is 0 Å². The van der Waals surface area contributed by atoms with Crippen LogP contribution in [0.25, 0.3) is 0 Å². The molecular formula is C21H27NO3. The van der Waals surface area contributed by atoms with E-state index in [-0.39, 0.29) is 11.9 Å². The maximum atomic E-state index is 12.6. The number of hydrogen-bond donors (Lipinski definition) is 1. The average molecular weight is 341 g/mol. The molecule has 0 aliphatic carbocycles. The van der Waals surface area contributed by atoms with Crippen LogP contribution in [0, 0.1) is 0 Å². The Morgan fingerprint density at radius 2 is 1.76 bits per heavy atom. The second-order valence-corrected chi connectivity index (χ2v) is 5.96. The summed E-state index contributed by atoms with van der Waals surface area (Å²) in [6.45, 7) is 5.90. The number of aryl methyl sites for hydroxylation is 1. The van der Waals surface area contributed by atoms with E-state index < -0.39 is 6.10 Å². The van der Waals surface area contributed by atoms with Crippen molar-refractivity contribution in [1.29, 1.82) is 0 Å². The summed E-state index contributed by atoms with van der Waals surface area (Å²) in [5.41, 5.74) is 2.15. The summed E-state index contributed by atoms with van der Waals surface area (Å²) in [6, 6.07) is 15.5. The fourth-order valence-corrected chi connectivity index (χ4v) is 2.70. The first-order valence-electron chi connectivity index (χ1n) is 8.77. The standard InChI is InChI=1S/C21H27NO3/c1-5-16-9-7-8-10-20(16)25-15(3)21(23)22-19(6-2)17-11-13-18(24-4)14-12-17/h7-15,19H,5-6H2,1-4H3,(H,22,23)/t15-,19+/m0/s1. The molecule has 25 heavy (non-hydrogen) atoms. The molecule has 0 unspecified atom stereocenters. The molecule has 2 aromatic rings. The summed E-state index contributed by atoms with van der Waals surface area (Å²) >= 11 is 0. The number of methoxy groups -OCH3 is 1. The lowest BCUT2D eigenvalue weighted by Gasteiger charge is -2.22. The summed E-state index contributed by atoms with van der Waals surface area (Å²) in [5, 5.41) is 3.07. The van der Waals surface area contributed by atoms with Gasteiger partial charge in [0.15, 0.2) is 6.10 Å². The number of carbonyl (C=O) groups excluding carboxylic acids is 1. The van der Waals surface area contributed by atoms with Gasteiger partial charge in [0.2, 0.25) is 0 Å². The van der Waals surface area contributed by atoms with Crippen LogP contribution < -0.4 is 14.8 Å². The van der Waals surface area contributed by atoms with E-state index in [2.05, 4.69) is 12.2 Å². The largest absolute Gasteiger partial charge is 0.497 e. The van der Waals surface area contributed by atoms with Crippen molar-refractivity contribution >= 4 is 5.91 Å². The summed E-state index contributed by atoms with van der Waals surface area (Å²) in [4.78, 5) is 12.6. The van der Waals surface area contributed by atoms with Crippen molar-refractivity contribution in [3.05, 3.63) is 59.7 Å². The SMILES string of the molecule is CCc1ccccc1O[C@@H](C)C(=O)N[C@H](CC)c1ccc(OC)cc1. The molecule has 134 valence electrons. The van der Waals surface area contributed by atoms with Crippen LogP contribution in [-0.4, -0.2) is 19.1 Å². The van der Waals surface area contributed by atoms with Crippen LogP contribution in [0.4, 0.5) is 0 Å². The molecule has 0 aliphatic rings. The van der Waals surface area contributed by atoms with Gasteiger partial charge in [-0.15, -0.1) is 0 Å². The topological polar surface area (TPSA) is 47.6 Å². The number of rotatable bonds is 8. The van der Waals surface area contributed by atoms with Gasteiger partial charge < -0.3 is 14.8 Å². The van der Waals surface area contributed by atoms with E-state index in [9.17, 15) is 4.79 Å². The molecule has 0 radical (unpaired) electrons. The van der Waals surface area contributed by atoms with Crippen LogP contribution in [0.2, 0.25) is 0 Å². The summed E-state index contributed by atoms with van der Waals surface area (Å²) in [6.07, 6.45) is 1.12. The molecule has 1 amide bonds. The van der Waals surface area contributed by atoms with Crippen LogP contribution in [0.15, 0.2) is 48.5 Å². The third-order valence-electron chi connectivity index (χ3n) is 4.27. The molecular weight excluding hydrogens is 314 g/mol. The van der Waals surface area contributed by atoms with Crippen LogP contribution in [0.3, 0.4) is 0 Å². The quantitative estimate of drug-likeness (QED) is 0.779. The Hall–Kier alpha value is -2.49. The molecule has 0 saturated heterocycles. The zero-order valence-electron chi connectivity index (χ0n) is 15.4. The Morgan fingerprint density at radius 1 is 1.08 bits per heavy atom. The number of hydrogen-bond acceptors (Lipinski definition) is 3. The lowest BCUT2D eigenvalue weighted by Crippen LogP contribution is -2.38. The monoisotopic (exact) mass is 341 g/mol. The lowest BCUT2D eigenvalue weighted by molar-refractivity contribution is -0.128. The fraction of sp³-hybridized carbons (Fsp3) is 0.381. The van der Waals surface area contributed by atoms with E-state index in [4.69, 9.17) is 9.47 Å². The van der Waals surface area contributed by atoms with E-state index in [0.29, 0.717) is 0 Å². The highest BCUT2D eigenvalue weighted by Gasteiger charge is 2.20. The minimum atomic E-state index is -0.556. The Balaban J connectivity index is 2.02. The van der Waals surface area contributed by atoms with Gasteiger partial charge in [-0.05, 0) is 49.1 Å². The highest BCUT2D eigenvalue weighted by Crippen LogP contribution is 2.22. The van der Waals surface area contributed by atoms with Gasteiger partial charge in [-0.25, -0.2) is 0 Å². The van der Waals surface area contributed by atoms with Crippen molar-refractivity contribution in [3.8, 4) is 11.5 Å². The minimum absolute atomic E-state index is 0.0501. The lowest BCUT2D eigenvalue weighted by atomic mass is 10.0. The predicted octanol–water partition coefficient (Wildman–Crippen LogP) is 4.29. The fourth-order valence-electron chi connectivity index (χ4n) is 2.70. The van der Waals surface area contributed by atoms with Gasteiger partial charge in [0.05, 0.1) is 13.2 Å². The average Bonchev–Trinajstić information content (AvgIpc) is 2.66. The van der Waals surface area contributed by atoms with Gasteiger partial charge in [0.1, 0.15) is 11.5 Å². The van der Waals surface area contributed by atoms with Gasteiger partial charge in [0, 0.05) is 0 Å². The molecule has 2 atom stereocenters. The molecule has 1 N–H and O–H groups in total. The van der Waals surface area contributed by atoms with Crippen molar-refractivity contribution < 1.29 is 14.3 Å². The molecule has 2 aromatic carbocycles. The number of para-hydroxylation sites is 1. The molecule has 0 aromatic heterocycles. The Bertz CT molecular complexity index is 682. The third-order valence-corrected chi connectivity index (χ3v) is 4.27. The molecule has 0 heterocycles. The van der Waals surface area contributed by atoms with Crippen molar-refractivity contribution in [3.63, 3.8) is 0 Å². The van der Waals surface area contributed by atoms with Crippen LogP contribution in [0.5, 0.6) is 11.5 Å². The van der Waals surface area contributed by atoms with E-state index in [1.54, 1.807) is 14.0 Å². The van der Waals surface area contributed by atoms with Gasteiger partial charge in [0.25, 0.3) is 5.91 Å². The summed E-state index contributed by atoms with van der Waals surface area (Å²) in [7, 11) is 1.64. The number of amides is 1. The maximum Gasteiger partial charge on any atom is 0.261 e. The predicted molar refractivity (Wildman–Crippen MR) is 100 cm³/mol. The van der Waals surface area contributed by atoms with Crippen LogP contribution >= 0.6 is 0 Å². The van der Waals surface area contributed by atoms with Gasteiger partial charge in [-0.2, -0.15) is 0 Å². The molecule has 0 bridgehead atoms. The zero-order chi connectivity index (χ0) is 18.2. The summed E-state index contributed by atoms with van der Waals surface area (Å²) in [5.74, 6) is 1.46. The van der Waals surface area contributed by atoms with Crippen molar-refractivity contribution in [2.75, 3.05) is 7.11 Å². The second-order valence-electron chi connectivity index (χ2n) is 5.96. The molecule has 4 nitrogen and oxygen atoms in total. The number of nitrogens with one attached hydrogen (secondary N) is 1. The molecule has 0 saturated carbocycles. The highest BCUT2D eigenvalue weighted by atomic mass is 16.5.